The molecule has 0 aliphatic carbocycles. The van der Waals surface area contributed by atoms with Gasteiger partial charge in [0.1, 0.15) is 16.3 Å². The summed E-state index contributed by atoms with van der Waals surface area (Å²) < 4.78 is 4.76. The average molecular weight is 461 g/mol. The highest BCUT2D eigenvalue weighted by Crippen LogP contribution is 2.40. The quantitative estimate of drug-likeness (QED) is 0.257. The molecule has 1 aromatic heterocycles. The first-order valence-electron chi connectivity index (χ1n) is 9.85. The molecule has 0 bridgehead atoms. The highest BCUT2D eigenvalue weighted by Gasteiger charge is 2.19. The largest absolute Gasteiger partial charge is 0.505 e. The van der Waals surface area contributed by atoms with Gasteiger partial charge in [0, 0.05) is 11.1 Å². The minimum atomic E-state index is -0.534. The number of phenolic OH excluding ortho intramolecular Hbond substituents is 1. The summed E-state index contributed by atoms with van der Waals surface area (Å²) in [6.45, 7) is -0.101. The van der Waals surface area contributed by atoms with Gasteiger partial charge in [-0.25, -0.2) is 4.79 Å². The lowest BCUT2D eigenvalue weighted by atomic mass is 10.0. The van der Waals surface area contributed by atoms with Gasteiger partial charge in [0.05, 0.1) is 19.3 Å². The maximum atomic E-state index is 12.9. The van der Waals surface area contributed by atoms with Crippen LogP contribution < -0.4 is 5.32 Å². The Morgan fingerprint density at radius 1 is 1.06 bits per heavy atom. The summed E-state index contributed by atoms with van der Waals surface area (Å²) in [5.74, 6) is -1.40. The van der Waals surface area contributed by atoms with E-state index in [0.29, 0.717) is 27.7 Å². The second kappa shape index (κ2) is 9.60. The number of methoxy groups -OCH3 is 1. The van der Waals surface area contributed by atoms with Gasteiger partial charge in [-0.1, -0.05) is 36.4 Å². The molecule has 1 amide bonds. The summed E-state index contributed by atoms with van der Waals surface area (Å²) in [4.78, 5) is 25.1. The molecule has 3 N–H and O–H groups in total. The van der Waals surface area contributed by atoms with Crippen LogP contribution in [0.1, 0.15) is 25.6 Å². The Kier molecular flexibility index (Phi) is 6.43. The molecule has 0 radical (unpaired) electrons. The van der Waals surface area contributed by atoms with Crippen LogP contribution in [0.2, 0.25) is 0 Å². The molecule has 0 spiro atoms. The van der Waals surface area contributed by atoms with Gasteiger partial charge in [0.2, 0.25) is 0 Å². The van der Waals surface area contributed by atoms with Crippen molar-refractivity contribution in [3.8, 4) is 5.75 Å². The SMILES string of the molecule is COC(=O)c1sccc1N=Nc1c(O)c(C(=O)Nc2ccc(CO)cc2)cc2ccccc12. The molecule has 1 heterocycles. The number of carbonyl (C=O) groups is 2. The summed E-state index contributed by atoms with van der Waals surface area (Å²) >= 11 is 1.17. The summed E-state index contributed by atoms with van der Waals surface area (Å²) in [6, 6.07) is 17.0. The minimum absolute atomic E-state index is 0.0207. The standard InChI is InChI=1S/C24H19N3O5S/c1-32-24(31)22-19(10-11-33-22)26-27-20-17-5-3-2-4-15(17)12-18(21(20)29)23(30)25-16-8-6-14(13-28)7-9-16/h2-12,28-29H,13H2,1H3,(H,25,30). The first-order valence-corrected chi connectivity index (χ1v) is 10.7. The van der Waals surface area contributed by atoms with Crippen LogP contribution in [-0.2, 0) is 11.3 Å². The lowest BCUT2D eigenvalue weighted by Gasteiger charge is -2.11. The van der Waals surface area contributed by atoms with E-state index in [9.17, 15) is 19.8 Å². The van der Waals surface area contributed by atoms with Crippen LogP contribution in [-0.4, -0.2) is 29.2 Å². The van der Waals surface area contributed by atoms with E-state index in [4.69, 9.17) is 4.74 Å². The number of azo groups is 1. The van der Waals surface area contributed by atoms with Gasteiger partial charge in [-0.15, -0.1) is 21.6 Å². The Balaban J connectivity index is 1.74. The number of anilines is 1. The van der Waals surface area contributed by atoms with Crippen LogP contribution in [0.25, 0.3) is 10.8 Å². The molecule has 4 rings (SSSR count). The zero-order valence-electron chi connectivity index (χ0n) is 17.5. The van der Waals surface area contributed by atoms with Gasteiger partial charge in [-0.05, 0) is 40.6 Å². The van der Waals surface area contributed by atoms with Gasteiger partial charge in [-0.2, -0.15) is 0 Å². The highest BCUT2D eigenvalue weighted by molar-refractivity contribution is 7.12. The van der Waals surface area contributed by atoms with Crippen molar-refractivity contribution in [1.29, 1.82) is 0 Å². The number of hydrogen-bond acceptors (Lipinski definition) is 8. The van der Waals surface area contributed by atoms with Crippen molar-refractivity contribution in [3.63, 3.8) is 0 Å². The molecular formula is C24H19N3O5S. The maximum Gasteiger partial charge on any atom is 0.350 e. The highest BCUT2D eigenvalue weighted by atomic mass is 32.1. The number of esters is 1. The number of benzene rings is 3. The third kappa shape index (κ3) is 4.59. The van der Waals surface area contributed by atoms with E-state index in [1.54, 1.807) is 60.0 Å². The van der Waals surface area contributed by atoms with E-state index in [0.717, 1.165) is 0 Å². The average Bonchev–Trinajstić information content (AvgIpc) is 3.31. The summed E-state index contributed by atoms with van der Waals surface area (Å²) in [5, 5.41) is 34.1. The second-order valence-electron chi connectivity index (χ2n) is 6.98. The van der Waals surface area contributed by atoms with Crippen LogP contribution in [0, 0.1) is 0 Å². The molecule has 0 aliphatic heterocycles. The van der Waals surface area contributed by atoms with E-state index in [-0.39, 0.29) is 28.5 Å². The Bertz CT molecular complexity index is 1360. The third-order valence-corrected chi connectivity index (χ3v) is 5.79. The second-order valence-corrected chi connectivity index (χ2v) is 7.89. The van der Waals surface area contributed by atoms with Crippen LogP contribution in [0.4, 0.5) is 17.1 Å². The first kappa shape index (κ1) is 22.1. The van der Waals surface area contributed by atoms with Crippen molar-refractivity contribution in [1.82, 2.24) is 0 Å². The fourth-order valence-electron chi connectivity index (χ4n) is 3.21. The number of aliphatic hydroxyl groups excluding tert-OH is 1. The Morgan fingerprint density at radius 3 is 2.55 bits per heavy atom. The van der Waals surface area contributed by atoms with Gasteiger partial charge < -0.3 is 20.3 Å². The third-order valence-electron chi connectivity index (χ3n) is 4.91. The zero-order valence-corrected chi connectivity index (χ0v) is 18.3. The van der Waals surface area contributed by atoms with Gasteiger partial charge in [-0.3, -0.25) is 4.79 Å². The molecule has 0 unspecified atom stereocenters. The number of aromatic hydroxyl groups is 1. The molecule has 0 atom stereocenters. The minimum Gasteiger partial charge on any atom is -0.505 e. The van der Waals surface area contributed by atoms with Crippen molar-refractivity contribution >= 4 is 51.0 Å². The molecular weight excluding hydrogens is 442 g/mol. The van der Waals surface area contributed by atoms with E-state index in [1.807, 2.05) is 6.07 Å². The smallest absolute Gasteiger partial charge is 0.350 e. The van der Waals surface area contributed by atoms with Crippen molar-refractivity contribution in [3.05, 3.63) is 82.0 Å². The van der Waals surface area contributed by atoms with Crippen LogP contribution >= 0.6 is 11.3 Å². The van der Waals surface area contributed by atoms with Crippen molar-refractivity contribution in [2.75, 3.05) is 12.4 Å². The van der Waals surface area contributed by atoms with Crippen molar-refractivity contribution in [2.45, 2.75) is 6.61 Å². The molecule has 3 aromatic carbocycles. The van der Waals surface area contributed by atoms with E-state index in [2.05, 4.69) is 15.5 Å². The van der Waals surface area contributed by atoms with Crippen molar-refractivity contribution in [2.24, 2.45) is 10.2 Å². The summed E-state index contributed by atoms with van der Waals surface area (Å²) in [6.07, 6.45) is 0. The summed E-state index contributed by atoms with van der Waals surface area (Å²) in [5.41, 5.74) is 1.65. The normalized spacial score (nSPS) is 11.1. The van der Waals surface area contributed by atoms with Crippen LogP contribution in [0.3, 0.4) is 0 Å². The monoisotopic (exact) mass is 461 g/mol. The number of nitrogens with one attached hydrogen (secondary N) is 1. The Hall–Kier alpha value is -4.08. The molecule has 0 saturated carbocycles. The van der Waals surface area contributed by atoms with Gasteiger partial charge in [0.15, 0.2) is 5.75 Å². The Labute approximate surface area is 192 Å². The predicted molar refractivity (Wildman–Crippen MR) is 126 cm³/mol. The molecule has 166 valence electrons. The Morgan fingerprint density at radius 2 is 1.82 bits per heavy atom. The van der Waals surface area contributed by atoms with Crippen molar-refractivity contribution < 1.29 is 24.5 Å². The van der Waals surface area contributed by atoms with E-state index >= 15 is 0 Å². The topological polar surface area (TPSA) is 121 Å². The fourth-order valence-corrected chi connectivity index (χ4v) is 3.96. The fraction of sp³-hybridized carbons (Fsp3) is 0.0833. The molecule has 0 fully saturated rings. The lowest BCUT2D eigenvalue weighted by molar-refractivity contribution is 0.0607. The number of fused-ring (bicyclic) bond motifs is 1. The number of nitrogens with zero attached hydrogens (tertiary/aromatic N) is 2. The van der Waals surface area contributed by atoms with Crippen LogP contribution in [0.5, 0.6) is 5.75 Å². The molecule has 9 heteroatoms. The van der Waals surface area contributed by atoms with Crippen LogP contribution in [0.15, 0.2) is 76.3 Å². The number of rotatable bonds is 6. The number of phenols is 1. The molecule has 0 aliphatic rings. The number of carbonyl (C=O) groups excluding carboxylic acids is 2. The number of hydrogen-bond donors (Lipinski definition) is 3. The van der Waals surface area contributed by atoms with Gasteiger partial charge in [0.25, 0.3) is 5.91 Å². The molecule has 8 nitrogen and oxygen atoms in total. The number of aliphatic hydroxyl groups is 1. The molecule has 0 saturated heterocycles. The van der Waals surface area contributed by atoms with E-state index < -0.39 is 11.9 Å². The number of thiophene rings is 1. The summed E-state index contributed by atoms with van der Waals surface area (Å²) in [7, 11) is 1.28. The lowest BCUT2D eigenvalue weighted by Crippen LogP contribution is -2.12. The number of ether oxygens (including phenoxy) is 1. The molecule has 4 aromatic rings. The molecule has 33 heavy (non-hydrogen) atoms. The van der Waals surface area contributed by atoms with E-state index in [1.165, 1.54) is 18.4 Å². The first-order chi connectivity index (χ1) is 16.0. The zero-order chi connectivity index (χ0) is 23.4. The maximum absolute atomic E-state index is 12.9. The van der Waals surface area contributed by atoms with Gasteiger partial charge >= 0.3 is 5.97 Å². The predicted octanol–water partition coefficient (Wildman–Crippen LogP) is 5.55. The number of amides is 1.